The first-order valence-electron chi connectivity index (χ1n) is 8.44. The minimum Gasteiger partial charge on any atom is -0.461 e. The van der Waals surface area contributed by atoms with Crippen molar-refractivity contribution in [3.8, 4) is 0 Å². The fourth-order valence-corrected chi connectivity index (χ4v) is 4.40. The van der Waals surface area contributed by atoms with E-state index in [1.54, 1.807) is 0 Å². The average Bonchev–Trinajstić information content (AvgIpc) is 3.11. The number of aryl methyl sites for hydroxylation is 1. The highest BCUT2D eigenvalue weighted by atomic mass is 16.7. The first-order chi connectivity index (χ1) is 11.2. The van der Waals surface area contributed by atoms with Gasteiger partial charge in [-0.05, 0) is 57.0 Å². The molecule has 5 nitrogen and oxygen atoms in total. The second-order valence-electron chi connectivity index (χ2n) is 7.13. The Morgan fingerprint density at radius 3 is 2.91 bits per heavy atom. The Hall–Kier alpha value is -1.85. The minimum absolute atomic E-state index is 0.0687. The van der Waals surface area contributed by atoms with Crippen LogP contribution in [0.4, 0.5) is 5.69 Å². The van der Waals surface area contributed by atoms with Crippen LogP contribution >= 0.6 is 0 Å². The molecule has 0 amide bonds. The molecule has 4 saturated heterocycles. The summed E-state index contributed by atoms with van der Waals surface area (Å²) < 4.78 is 5.70. The quantitative estimate of drug-likeness (QED) is 0.879. The van der Waals surface area contributed by atoms with Gasteiger partial charge < -0.3 is 9.32 Å². The second kappa shape index (κ2) is 4.82. The minimum atomic E-state index is -0.0687. The van der Waals surface area contributed by atoms with E-state index >= 15 is 0 Å². The fourth-order valence-electron chi connectivity index (χ4n) is 4.40. The summed E-state index contributed by atoms with van der Waals surface area (Å²) in [5, 5.41) is 1.12. The summed E-state index contributed by atoms with van der Waals surface area (Å²) >= 11 is 0. The lowest BCUT2D eigenvalue weighted by atomic mass is 9.74. The Morgan fingerprint density at radius 1 is 1.26 bits per heavy atom. The van der Waals surface area contributed by atoms with Crippen LogP contribution in [0.25, 0.3) is 11.0 Å². The van der Waals surface area contributed by atoms with Crippen molar-refractivity contribution in [1.82, 2.24) is 10.4 Å². The zero-order valence-electron chi connectivity index (χ0n) is 13.3. The van der Waals surface area contributed by atoms with E-state index in [1.165, 1.54) is 25.9 Å². The first-order valence-corrected chi connectivity index (χ1v) is 8.44. The van der Waals surface area contributed by atoms with Gasteiger partial charge >= 0.3 is 0 Å². The van der Waals surface area contributed by atoms with Crippen LogP contribution in [0.1, 0.15) is 25.0 Å². The summed E-state index contributed by atoms with van der Waals surface area (Å²) in [6.07, 6.45) is 3.36. The van der Waals surface area contributed by atoms with Crippen molar-refractivity contribution < 1.29 is 9.25 Å². The van der Waals surface area contributed by atoms with Gasteiger partial charge in [-0.1, -0.05) is 0 Å². The zero-order valence-corrected chi connectivity index (χ0v) is 13.3. The Labute approximate surface area is 135 Å². The Balaban J connectivity index is 1.42. The summed E-state index contributed by atoms with van der Waals surface area (Å²) in [5.41, 5.74) is 4.83. The Kier molecular flexibility index (Phi) is 2.85. The number of hydroxylamine groups is 1. The molecule has 5 heterocycles. The number of fused-ring (bicyclic) bond motifs is 3. The molecule has 4 aliphatic rings. The van der Waals surface area contributed by atoms with Gasteiger partial charge in [-0.25, -0.2) is 4.99 Å². The molecule has 1 N–H and O–H groups in total. The summed E-state index contributed by atoms with van der Waals surface area (Å²) in [7, 11) is 0. The topological polar surface area (TPSA) is 50.0 Å². The van der Waals surface area contributed by atoms with Crippen molar-refractivity contribution in [2.24, 2.45) is 10.9 Å². The second-order valence-corrected chi connectivity index (χ2v) is 7.13. The molecule has 1 atom stereocenters. The number of hydrogen-bond acceptors (Lipinski definition) is 4. The van der Waals surface area contributed by atoms with E-state index in [-0.39, 0.29) is 5.60 Å². The van der Waals surface area contributed by atoms with Gasteiger partial charge in [0.2, 0.25) is 0 Å². The summed E-state index contributed by atoms with van der Waals surface area (Å²) in [6.45, 7) is 5.43. The number of piperidine rings is 3. The van der Waals surface area contributed by atoms with Gasteiger partial charge in [-0.2, -0.15) is 0 Å². The molecule has 2 bridgehead atoms. The third-order valence-corrected chi connectivity index (χ3v) is 5.55. The lowest BCUT2D eigenvalue weighted by Gasteiger charge is -2.49. The largest absolute Gasteiger partial charge is 0.461 e. The van der Waals surface area contributed by atoms with E-state index in [9.17, 15) is 0 Å². The van der Waals surface area contributed by atoms with E-state index in [0.29, 0.717) is 5.92 Å². The van der Waals surface area contributed by atoms with Crippen molar-refractivity contribution in [1.29, 1.82) is 0 Å². The molecular formula is C18H21N3O2. The Bertz CT molecular complexity index is 789. The number of furan rings is 1. The van der Waals surface area contributed by atoms with Crippen molar-refractivity contribution >= 4 is 22.5 Å². The third-order valence-electron chi connectivity index (χ3n) is 5.55. The van der Waals surface area contributed by atoms with E-state index in [2.05, 4.69) is 16.4 Å². The van der Waals surface area contributed by atoms with Crippen LogP contribution in [0.15, 0.2) is 33.7 Å². The highest BCUT2D eigenvalue weighted by Gasteiger charge is 2.52. The van der Waals surface area contributed by atoms with Crippen LogP contribution in [0.3, 0.4) is 0 Å². The van der Waals surface area contributed by atoms with E-state index in [1.807, 2.05) is 25.1 Å². The third kappa shape index (κ3) is 2.18. The van der Waals surface area contributed by atoms with Crippen LogP contribution in [-0.4, -0.2) is 36.0 Å². The smallest absolute Gasteiger partial charge is 0.136 e. The highest BCUT2D eigenvalue weighted by Crippen LogP contribution is 2.42. The van der Waals surface area contributed by atoms with Crippen LogP contribution in [0, 0.1) is 12.8 Å². The fraction of sp³-hybridized carbons (Fsp3) is 0.500. The van der Waals surface area contributed by atoms with Gasteiger partial charge in [-0.15, -0.1) is 0 Å². The lowest BCUT2D eigenvalue weighted by Crippen LogP contribution is -2.59. The normalized spacial score (nSPS) is 34.6. The summed E-state index contributed by atoms with van der Waals surface area (Å²) in [6, 6.07) is 8.14. The van der Waals surface area contributed by atoms with Crippen molar-refractivity contribution in [3.05, 3.63) is 30.0 Å². The first kappa shape index (κ1) is 13.6. The van der Waals surface area contributed by atoms with Crippen molar-refractivity contribution in [2.45, 2.75) is 31.8 Å². The van der Waals surface area contributed by atoms with Crippen LogP contribution < -0.4 is 5.48 Å². The number of benzene rings is 1. The maximum absolute atomic E-state index is 6.05. The predicted molar refractivity (Wildman–Crippen MR) is 88.8 cm³/mol. The van der Waals surface area contributed by atoms with Gasteiger partial charge in [0, 0.05) is 24.4 Å². The van der Waals surface area contributed by atoms with Crippen LogP contribution in [0.2, 0.25) is 0 Å². The zero-order chi connectivity index (χ0) is 15.4. The van der Waals surface area contributed by atoms with E-state index in [4.69, 9.17) is 14.2 Å². The van der Waals surface area contributed by atoms with Crippen LogP contribution in [-0.2, 0) is 4.84 Å². The molecule has 1 aromatic heterocycles. The molecule has 6 rings (SSSR count). The van der Waals surface area contributed by atoms with Crippen molar-refractivity contribution in [3.63, 3.8) is 0 Å². The van der Waals surface area contributed by atoms with Crippen molar-refractivity contribution in [2.75, 3.05) is 19.6 Å². The number of nitrogens with one attached hydrogen (secondary N) is 1. The van der Waals surface area contributed by atoms with Crippen LogP contribution in [0.5, 0.6) is 0 Å². The summed E-state index contributed by atoms with van der Waals surface area (Å²) in [4.78, 5) is 13.3. The molecule has 4 aliphatic heterocycles. The molecule has 1 unspecified atom stereocenters. The van der Waals surface area contributed by atoms with E-state index < -0.39 is 0 Å². The maximum atomic E-state index is 6.05. The average molecular weight is 311 g/mol. The molecular weight excluding hydrogens is 290 g/mol. The molecule has 0 saturated carbocycles. The van der Waals surface area contributed by atoms with Gasteiger partial charge in [-0.3, -0.25) is 10.3 Å². The molecule has 1 aromatic carbocycles. The molecule has 1 spiro atoms. The van der Waals surface area contributed by atoms with Gasteiger partial charge in [0.05, 0.1) is 5.69 Å². The lowest BCUT2D eigenvalue weighted by molar-refractivity contribution is -0.150. The molecule has 4 fully saturated rings. The molecule has 23 heavy (non-hydrogen) atoms. The number of amidine groups is 1. The Morgan fingerprint density at radius 2 is 2.13 bits per heavy atom. The van der Waals surface area contributed by atoms with Gasteiger partial charge in [0.15, 0.2) is 0 Å². The predicted octanol–water partition coefficient (Wildman–Crippen LogP) is 3.16. The number of hydrogen-bond donors (Lipinski definition) is 1. The molecule has 0 radical (unpaired) electrons. The highest BCUT2D eigenvalue weighted by molar-refractivity contribution is 5.88. The van der Waals surface area contributed by atoms with Gasteiger partial charge in [0.25, 0.3) is 0 Å². The number of aliphatic imine (C=N–C) groups is 1. The standard InChI is InChI=1S/C18H21N3O2/c1-12-8-13-2-3-15(9-16(13)22-12)19-17-10-18(23-20-17)11-21-6-4-14(18)5-7-21/h2-3,8-9,14H,4-7,10-11H2,1H3,(H,19,20). The molecule has 120 valence electrons. The van der Waals surface area contributed by atoms with Gasteiger partial charge in [0.1, 0.15) is 22.8 Å². The summed E-state index contributed by atoms with van der Waals surface area (Å²) in [5.74, 6) is 2.52. The SMILES string of the molecule is Cc1cc2ccc(N=C3CC4(CN5CCC4CC5)ON3)cc2o1. The molecule has 5 heteroatoms. The maximum Gasteiger partial charge on any atom is 0.136 e. The molecule has 2 aromatic rings. The number of rotatable bonds is 1. The van der Waals surface area contributed by atoms with E-state index in [0.717, 1.165) is 41.2 Å². The molecule has 0 aliphatic carbocycles. The monoisotopic (exact) mass is 311 g/mol. The number of nitrogens with zero attached hydrogens (tertiary/aromatic N) is 2.